The molecule has 1 atom stereocenters. The van der Waals surface area contributed by atoms with Gasteiger partial charge in [-0.15, -0.1) is 20.7 Å². The molecule has 0 saturated carbocycles. The minimum Gasteiger partial charge on any atom is -0.382 e. The van der Waals surface area contributed by atoms with E-state index in [2.05, 4.69) is 43.6 Å². The van der Waals surface area contributed by atoms with Gasteiger partial charge in [0, 0.05) is 15.7 Å². The van der Waals surface area contributed by atoms with Gasteiger partial charge in [0.2, 0.25) is 0 Å². The molecule has 0 rings (SSSR count). The first-order chi connectivity index (χ1) is 5.56. The van der Waals surface area contributed by atoms with Crippen molar-refractivity contribution in [3.63, 3.8) is 0 Å². The number of hydrogen-bond acceptors (Lipinski definition) is 1. The van der Waals surface area contributed by atoms with E-state index in [-0.39, 0.29) is 20.7 Å². The number of rotatable bonds is 5. The molecule has 72 valence electrons. The summed E-state index contributed by atoms with van der Waals surface area (Å²) in [6.45, 7) is 12.8. The molecule has 12 heavy (non-hydrogen) atoms. The number of allylic oxidation sites excluding steroid dienone is 1. The Bertz CT molecular complexity index is 161. The van der Waals surface area contributed by atoms with Crippen LogP contribution in [0.4, 0.5) is 0 Å². The summed E-state index contributed by atoms with van der Waals surface area (Å²) in [6, 6.07) is 0.507. The Kier molecular flexibility index (Phi) is 6.71. The molecule has 0 saturated heterocycles. The van der Waals surface area contributed by atoms with Gasteiger partial charge < -0.3 is 5.32 Å². The fourth-order valence-corrected chi connectivity index (χ4v) is 2.34. The van der Waals surface area contributed by atoms with Gasteiger partial charge in [0.25, 0.3) is 0 Å². The smallest absolute Gasteiger partial charge is 0.0465 e. The van der Waals surface area contributed by atoms with E-state index < -0.39 is 0 Å². The monoisotopic (exact) mass is 281 g/mol. The van der Waals surface area contributed by atoms with Crippen LogP contribution in [0.25, 0.3) is 0 Å². The third-order valence-electron chi connectivity index (χ3n) is 1.37. The first kappa shape index (κ1) is 12.1. The zero-order valence-electron chi connectivity index (χ0n) is 8.52. The van der Waals surface area contributed by atoms with Crippen LogP contribution in [-0.2, 0) is 0 Å². The van der Waals surface area contributed by atoms with Gasteiger partial charge in [-0.05, 0) is 17.4 Å². The average molecular weight is 281 g/mol. The van der Waals surface area contributed by atoms with E-state index in [9.17, 15) is 0 Å². The van der Waals surface area contributed by atoms with Gasteiger partial charge in [-0.3, -0.25) is 0 Å². The molecule has 0 spiro atoms. The maximum atomic E-state index is 3.92. The van der Waals surface area contributed by atoms with Crippen LogP contribution in [0.2, 0.25) is 0 Å². The molecule has 0 aliphatic heterocycles. The van der Waals surface area contributed by atoms with Gasteiger partial charge in [-0.25, -0.2) is 0 Å². The highest BCUT2D eigenvalue weighted by molar-refractivity contribution is 14.2. The van der Waals surface area contributed by atoms with Crippen molar-refractivity contribution >= 4 is 24.7 Å². The van der Waals surface area contributed by atoms with E-state index in [0.717, 1.165) is 16.0 Å². The second kappa shape index (κ2) is 6.63. The number of hydrogen-bond donors (Lipinski definition) is 1. The number of alkyl halides is 1. The topological polar surface area (TPSA) is 12.0 Å². The highest BCUT2D eigenvalue weighted by Crippen LogP contribution is 2.06. The first-order valence-electron chi connectivity index (χ1n) is 4.45. The first-order valence-corrected chi connectivity index (χ1v) is 6.95. The van der Waals surface area contributed by atoms with Crippen LogP contribution in [0.15, 0.2) is 12.3 Å². The molecule has 0 aliphatic carbocycles. The summed E-state index contributed by atoms with van der Waals surface area (Å²) in [5, 5.41) is 3.36. The molecular weight excluding hydrogens is 261 g/mol. The van der Waals surface area contributed by atoms with Gasteiger partial charge in [0.05, 0.1) is 0 Å². The molecule has 0 aromatic heterocycles. The Morgan fingerprint density at radius 2 is 2.08 bits per heavy atom. The van der Waals surface area contributed by atoms with Crippen molar-refractivity contribution in [3.8, 4) is 0 Å². The molecule has 0 aliphatic rings. The molecule has 1 nitrogen and oxygen atoms in total. The lowest BCUT2D eigenvalue weighted by atomic mass is 10.3. The average Bonchev–Trinajstić information content (AvgIpc) is 2.00. The Balaban J connectivity index is 3.73. The molecule has 0 bridgehead atoms. The van der Waals surface area contributed by atoms with Crippen LogP contribution in [0.1, 0.15) is 34.1 Å². The van der Waals surface area contributed by atoms with Crippen LogP contribution < -0.4 is 5.32 Å². The van der Waals surface area contributed by atoms with Gasteiger partial charge in [0.1, 0.15) is 0 Å². The lowest BCUT2D eigenvalue weighted by molar-refractivity contribution is 0.749. The summed E-state index contributed by atoms with van der Waals surface area (Å²) in [7, 11) is 0. The van der Waals surface area contributed by atoms with E-state index in [1.54, 1.807) is 0 Å². The van der Waals surface area contributed by atoms with Gasteiger partial charge in [-0.1, -0.05) is 27.4 Å². The minimum atomic E-state index is 0.259. The second-order valence-corrected chi connectivity index (χ2v) is 7.09. The van der Waals surface area contributed by atoms with Gasteiger partial charge >= 0.3 is 0 Å². The van der Waals surface area contributed by atoms with Gasteiger partial charge in [0.15, 0.2) is 0 Å². The van der Waals surface area contributed by atoms with Crippen LogP contribution in [0, 0.1) is 0 Å². The highest BCUT2D eigenvalue weighted by Gasteiger charge is 1.96. The number of halogens is 1. The Morgan fingerprint density at radius 1 is 1.50 bits per heavy atom. The molecule has 2 heteroatoms. The minimum absolute atomic E-state index is 0.259. The molecular formula is C10H20IN. The zero-order valence-corrected chi connectivity index (χ0v) is 10.7. The summed E-state index contributed by atoms with van der Waals surface area (Å²) in [5.74, 6) is 0. The van der Waals surface area contributed by atoms with E-state index in [1.807, 2.05) is 0 Å². The fraction of sp³-hybridized carbons (Fsp3) is 0.700. The Hall–Kier alpha value is 0.140. The van der Waals surface area contributed by atoms with Crippen molar-refractivity contribution in [2.24, 2.45) is 0 Å². The molecule has 0 heterocycles. The van der Waals surface area contributed by atoms with Crippen molar-refractivity contribution in [2.45, 2.75) is 44.1 Å². The summed E-state index contributed by atoms with van der Waals surface area (Å²) in [4.78, 5) is 0. The van der Waals surface area contributed by atoms with Crippen molar-refractivity contribution in [1.82, 2.24) is 5.32 Å². The van der Waals surface area contributed by atoms with E-state index in [1.165, 1.54) is 0 Å². The largest absolute Gasteiger partial charge is 0.382 e. The predicted octanol–water partition coefficient (Wildman–Crippen LogP) is 3.07. The standard InChI is InChI=1S/C10H20IN/c1-6-9(4)12-10(5)7-11-8(2)3/h7-8,10,12H,4,6H2,1-3,5H3. The highest BCUT2D eigenvalue weighted by atomic mass is 127. The molecule has 0 fully saturated rings. The molecule has 0 radical (unpaired) electrons. The van der Waals surface area contributed by atoms with E-state index >= 15 is 0 Å². The van der Waals surface area contributed by atoms with Crippen molar-refractivity contribution in [2.75, 3.05) is 0 Å². The van der Waals surface area contributed by atoms with Crippen LogP contribution in [0.5, 0.6) is 0 Å². The third-order valence-corrected chi connectivity index (χ3v) is 4.30. The molecule has 0 aromatic carbocycles. The van der Waals surface area contributed by atoms with Crippen LogP contribution in [-0.4, -0.2) is 14.0 Å². The summed E-state index contributed by atoms with van der Waals surface area (Å²) in [6.07, 6.45) is 1.03. The van der Waals surface area contributed by atoms with Crippen LogP contribution >= 0.6 is 20.7 Å². The van der Waals surface area contributed by atoms with Gasteiger partial charge in [-0.2, -0.15) is 0 Å². The van der Waals surface area contributed by atoms with Crippen molar-refractivity contribution in [3.05, 3.63) is 12.3 Å². The second-order valence-electron chi connectivity index (χ2n) is 3.16. The molecule has 1 unspecified atom stereocenters. The SMILES string of the molecule is C=C(CC)NC(C)C=IC(C)C. The summed E-state index contributed by atoms with van der Waals surface area (Å²) >= 11 is 0.259. The predicted molar refractivity (Wildman–Crippen MR) is 67.2 cm³/mol. The van der Waals surface area contributed by atoms with Crippen molar-refractivity contribution in [1.29, 1.82) is 0 Å². The quantitative estimate of drug-likeness (QED) is 0.603. The fourth-order valence-electron chi connectivity index (χ4n) is 0.710. The summed E-state index contributed by atoms with van der Waals surface area (Å²) in [5.41, 5.74) is 1.14. The van der Waals surface area contributed by atoms with E-state index in [4.69, 9.17) is 0 Å². The maximum absolute atomic E-state index is 3.92. The third kappa shape index (κ3) is 6.83. The normalized spacial score (nSPS) is 14.4. The summed E-state index contributed by atoms with van der Waals surface area (Å²) < 4.78 is 3.28. The zero-order chi connectivity index (χ0) is 9.56. The molecule has 1 N–H and O–H groups in total. The lowest BCUT2D eigenvalue weighted by Gasteiger charge is -2.11. The van der Waals surface area contributed by atoms with Crippen molar-refractivity contribution < 1.29 is 0 Å². The number of nitrogens with one attached hydrogen (secondary N) is 1. The maximum Gasteiger partial charge on any atom is 0.0465 e. The van der Waals surface area contributed by atoms with Crippen LogP contribution in [0.3, 0.4) is 0 Å². The molecule has 0 amide bonds. The van der Waals surface area contributed by atoms with E-state index in [0.29, 0.717) is 6.04 Å². The lowest BCUT2D eigenvalue weighted by Crippen LogP contribution is -2.25. The Morgan fingerprint density at radius 3 is 2.50 bits per heavy atom. The Labute approximate surface area is 86.4 Å². The molecule has 0 aromatic rings.